The molecule has 1 unspecified atom stereocenters. The van der Waals surface area contributed by atoms with Crippen LogP contribution in [0.2, 0.25) is 0 Å². The van der Waals surface area contributed by atoms with Crippen LogP contribution in [0, 0.1) is 0 Å². The van der Waals surface area contributed by atoms with Gasteiger partial charge in [0.15, 0.2) is 0 Å². The van der Waals surface area contributed by atoms with Crippen LogP contribution in [-0.4, -0.2) is 19.3 Å². The summed E-state index contributed by atoms with van der Waals surface area (Å²) in [6.07, 6.45) is 7.47. The highest BCUT2D eigenvalue weighted by Gasteiger charge is 2.16. The molecule has 0 aromatic carbocycles. The van der Waals surface area contributed by atoms with E-state index < -0.39 is 0 Å². The molecule has 0 radical (unpaired) electrons. The highest BCUT2D eigenvalue weighted by molar-refractivity contribution is 5.21. The number of nitrogens with two attached hydrogens (primary N) is 1. The van der Waals surface area contributed by atoms with Crippen molar-refractivity contribution in [1.29, 1.82) is 0 Å². The predicted octanol–water partition coefficient (Wildman–Crippen LogP) is 0.189. The number of nitrogens with one attached hydrogen (secondary N) is 1. The Morgan fingerprint density at radius 1 is 1.50 bits per heavy atom. The number of aromatic nitrogens is 4. The van der Waals surface area contributed by atoms with Crippen LogP contribution in [0.3, 0.4) is 0 Å². The molecule has 0 saturated carbocycles. The molecule has 2 aromatic heterocycles. The van der Waals surface area contributed by atoms with E-state index in [1.165, 1.54) is 0 Å². The van der Waals surface area contributed by atoms with E-state index in [9.17, 15) is 0 Å². The van der Waals surface area contributed by atoms with Gasteiger partial charge in [0.1, 0.15) is 0 Å². The van der Waals surface area contributed by atoms with Gasteiger partial charge >= 0.3 is 0 Å². The van der Waals surface area contributed by atoms with Crippen molar-refractivity contribution in [3.63, 3.8) is 0 Å². The molecule has 2 rings (SSSR count). The number of hydrogen-bond acceptors (Lipinski definition) is 4. The van der Waals surface area contributed by atoms with Gasteiger partial charge in [0, 0.05) is 31.5 Å². The minimum atomic E-state index is -0.110. The SMILES string of the molecule is CCn1cc(C(NN)c2cn(C)cn2)cn1. The summed E-state index contributed by atoms with van der Waals surface area (Å²) in [7, 11) is 1.93. The molecule has 2 aromatic rings. The van der Waals surface area contributed by atoms with Crippen molar-refractivity contribution in [2.45, 2.75) is 19.5 Å². The van der Waals surface area contributed by atoms with Crippen LogP contribution in [0.15, 0.2) is 24.9 Å². The van der Waals surface area contributed by atoms with Crippen LogP contribution < -0.4 is 11.3 Å². The molecule has 0 fully saturated rings. The van der Waals surface area contributed by atoms with Crippen molar-refractivity contribution in [3.05, 3.63) is 36.2 Å². The van der Waals surface area contributed by atoms with Crippen molar-refractivity contribution in [2.75, 3.05) is 0 Å². The molecule has 2 heterocycles. The molecule has 16 heavy (non-hydrogen) atoms. The van der Waals surface area contributed by atoms with Gasteiger partial charge in [-0.2, -0.15) is 5.10 Å². The lowest BCUT2D eigenvalue weighted by atomic mass is 10.1. The number of hydrazine groups is 1. The third-order valence-corrected chi connectivity index (χ3v) is 2.50. The number of aryl methyl sites for hydroxylation is 2. The van der Waals surface area contributed by atoms with Crippen molar-refractivity contribution < 1.29 is 0 Å². The van der Waals surface area contributed by atoms with E-state index in [1.807, 2.05) is 41.8 Å². The van der Waals surface area contributed by atoms with Gasteiger partial charge in [-0.05, 0) is 6.92 Å². The van der Waals surface area contributed by atoms with Crippen molar-refractivity contribution >= 4 is 0 Å². The molecule has 0 amide bonds. The zero-order chi connectivity index (χ0) is 11.5. The van der Waals surface area contributed by atoms with E-state index in [1.54, 1.807) is 6.33 Å². The minimum absolute atomic E-state index is 0.110. The molecule has 6 nitrogen and oxygen atoms in total. The van der Waals surface area contributed by atoms with E-state index in [2.05, 4.69) is 15.5 Å². The summed E-state index contributed by atoms with van der Waals surface area (Å²) in [6, 6.07) is -0.110. The first-order valence-electron chi connectivity index (χ1n) is 5.21. The van der Waals surface area contributed by atoms with Crippen LogP contribution in [-0.2, 0) is 13.6 Å². The van der Waals surface area contributed by atoms with Gasteiger partial charge in [-0.3, -0.25) is 10.5 Å². The Hall–Kier alpha value is -1.66. The van der Waals surface area contributed by atoms with E-state index in [4.69, 9.17) is 5.84 Å². The molecular weight excluding hydrogens is 204 g/mol. The average molecular weight is 220 g/mol. The third kappa shape index (κ3) is 1.98. The fourth-order valence-corrected chi connectivity index (χ4v) is 1.64. The first-order valence-corrected chi connectivity index (χ1v) is 5.21. The van der Waals surface area contributed by atoms with Crippen LogP contribution in [0.1, 0.15) is 24.2 Å². The highest BCUT2D eigenvalue weighted by atomic mass is 15.3. The van der Waals surface area contributed by atoms with Gasteiger partial charge in [0.2, 0.25) is 0 Å². The summed E-state index contributed by atoms with van der Waals surface area (Å²) in [6.45, 7) is 2.89. The smallest absolute Gasteiger partial charge is 0.0947 e. The van der Waals surface area contributed by atoms with E-state index in [-0.39, 0.29) is 6.04 Å². The lowest BCUT2D eigenvalue weighted by Gasteiger charge is -2.10. The van der Waals surface area contributed by atoms with Gasteiger partial charge in [-0.15, -0.1) is 0 Å². The monoisotopic (exact) mass is 220 g/mol. The van der Waals surface area contributed by atoms with E-state index in [0.717, 1.165) is 17.8 Å². The Balaban J connectivity index is 2.28. The summed E-state index contributed by atoms with van der Waals surface area (Å²) < 4.78 is 3.76. The molecule has 0 aliphatic carbocycles. The fourth-order valence-electron chi connectivity index (χ4n) is 1.64. The second-order valence-electron chi connectivity index (χ2n) is 3.69. The molecule has 0 bridgehead atoms. The summed E-state index contributed by atoms with van der Waals surface area (Å²) in [5.41, 5.74) is 4.66. The molecule has 0 aliphatic heterocycles. The maximum Gasteiger partial charge on any atom is 0.0947 e. The fraction of sp³-hybridized carbons (Fsp3) is 0.400. The van der Waals surface area contributed by atoms with Crippen molar-refractivity contribution in [1.82, 2.24) is 24.8 Å². The standard InChI is InChI=1S/C10H16N6/c1-3-16-5-8(4-13-16)10(14-11)9-6-15(2)7-12-9/h4-7,10,14H,3,11H2,1-2H3. The summed E-state index contributed by atoms with van der Waals surface area (Å²) in [4.78, 5) is 4.28. The summed E-state index contributed by atoms with van der Waals surface area (Å²) in [5, 5.41) is 4.22. The molecule has 1 atom stereocenters. The van der Waals surface area contributed by atoms with Crippen molar-refractivity contribution in [2.24, 2.45) is 12.9 Å². The quantitative estimate of drug-likeness (QED) is 0.570. The molecular formula is C10H16N6. The summed E-state index contributed by atoms with van der Waals surface area (Å²) in [5.74, 6) is 5.56. The van der Waals surface area contributed by atoms with Crippen molar-refractivity contribution in [3.8, 4) is 0 Å². The zero-order valence-electron chi connectivity index (χ0n) is 9.46. The second kappa shape index (κ2) is 4.46. The molecule has 3 N–H and O–H groups in total. The van der Waals surface area contributed by atoms with Crippen LogP contribution in [0.4, 0.5) is 0 Å². The molecule has 0 saturated heterocycles. The van der Waals surface area contributed by atoms with Gasteiger partial charge in [0.05, 0.1) is 24.3 Å². The maximum absolute atomic E-state index is 5.56. The number of nitrogens with zero attached hydrogens (tertiary/aromatic N) is 4. The molecule has 86 valence electrons. The number of imidazole rings is 1. The topological polar surface area (TPSA) is 73.7 Å². The minimum Gasteiger partial charge on any atom is -0.340 e. The average Bonchev–Trinajstić information content (AvgIpc) is 2.89. The van der Waals surface area contributed by atoms with Crippen LogP contribution >= 0.6 is 0 Å². The van der Waals surface area contributed by atoms with E-state index in [0.29, 0.717) is 0 Å². The molecule has 6 heteroatoms. The van der Waals surface area contributed by atoms with Crippen LogP contribution in [0.5, 0.6) is 0 Å². The number of rotatable bonds is 4. The largest absolute Gasteiger partial charge is 0.340 e. The number of hydrogen-bond donors (Lipinski definition) is 2. The Labute approximate surface area is 94.1 Å². The molecule has 0 aliphatic rings. The Kier molecular flexibility index (Phi) is 3.02. The first kappa shape index (κ1) is 10.8. The highest BCUT2D eigenvalue weighted by Crippen LogP contribution is 2.18. The lowest BCUT2D eigenvalue weighted by Crippen LogP contribution is -2.28. The Morgan fingerprint density at radius 3 is 2.81 bits per heavy atom. The Morgan fingerprint density at radius 2 is 2.31 bits per heavy atom. The molecule has 0 spiro atoms. The summed E-state index contributed by atoms with van der Waals surface area (Å²) >= 11 is 0. The lowest BCUT2D eigenvalue weighted by molar-refractivity contribution is 0.618. The maximum atomic E-state index is 5.56. The van der Waals surface area contributed by atoms with E-state index >= 15 is 0 Å². The first-order chi connectivity index (χ1) is 7.74. The third-order valence-electron chi connectivity index (χ3n) is 2.50. The van der Waals surface area contributed by atoms with Crippen LogP contribution in [0.25, 0.3) is 0 Å². The van der Waals surface area contributed by atoms with Gasteiger partial charge in [0.25, 0.3) is 0 Å². The van der Waals surface area contributed by atoms with Gasteiger partial charge in [-0.1, -0.05) is 0 Å². The Bertz CT molecular complexity index is 457. The normalized spacial score (nSPS) is 12.9. The van der Waals surface area contributed by atoms with Gasteiger partial charge < -0.3 is 4.57 Å². The predicted molar refractivity (Wildman–Crippen MR) is 60.3 cm³/mol. The zero-order valence-corrected chi connectivity index (χ0v) is 9.46. The van der Waals surface area contributed by atoms with Gasteiger partial charge in [-0.25, -0.2) is 10.4 Å². The second-order valence-corrected chi connectivity index (χ2v) is 3.69.